The highest BCUT2D eigenvalue weighted by molar-refractivity contribution is 9.10. The van der Waals surface area contributed by atoms with Crippen LogP contribution in [0.5, 0.6) is 0 Å². The van der Waals surface area contributed by atoms with Gasteiger partial charge in [0.25, 0.3) is 5.91 Å². The van der Waals surface area contributed by atoms with Crippen molar-refractivity contribution in [1.82, 2.24) is 9.97 Å². The maximum atomic E-state index is 12.5. The van der Waals surface area contributed by atoms with Crippen molar-refractivity contribution >= 4 is 33.3 Å². The molecular formula is C19H17BrN4O. The smallest absolute Gasteiger partial charge is 0.255 e. The van der Waals surface area contributed by atoms with Crippen molar-refractivity contribution in [3.05, 3.63) is 82.2 Å². The fourth-order valence-electron chi connectivity index (χ4n) is 2.31. The summed E-state index contributed by atoms with van der Waals surface area (Å²) in [6.07, 6.45) is 3.36. The SMILES string of the molecule is Cc1cc(Br)ccc1NC(=O)c1ccnc(NCc2ccccn2)c1. The van der Waals surface area contributed by atoms with E-state index in [0.717, 1.165) is 21.4 Å². The van der Waals surface area contributed by atoms with Crippen LogP contribution in [-0.2, 0) is 6.54 Å². The summed E-state index contributed by atoms with van der Waals surface area (Å²) < 4.78 is 0.980. The highest BCUT2D eigenvalue weighted by Crippen LogP contribution is 2.21. The van der Waals surface area contributed by atoms with Crippen LogP contribution in [0, 0.1) is 6.92 Å². The zero-order chi connectivity index (χ0) is 17.6. The fraction of sp³-hybridized carbons (Fsp3) is 0.105. The molecule has 0 spiro atoms. The van der Waals surface area contributed by atoms with E-state index in [4.69, 9.17) is 0 Å². The number of amides is 1. The Balaban J connectivity index is 1.69. The molecule has 0 aliphatic heterocycles. The van der Waals surface area contributed by atoms with Crippen LogP contribution in [-0.4, -0.2) is 15.9 Å². The maximum absolute atomic E-state index is 12.5. The van der Waals surface area contributed by atoms with Gasteiger partial charge in [-0.2, -0.15) is 0 Å². The molecule has 0 saturated heterocycles. The Hall–Kier alpha value is -2.73. The van der Waals surface area contributed by atoms with Crippen molar-refractivity contribution < 1.29 is 4.79 Å². The first-order valence-corrected chi connectivity index (χ1v) is 8.58. The molecule has 0 saturated carbocycles. The number of aromatic nitrogens is 2. The average molecular weight is 397 g/mol. The van der Waals surface area contributed by atoms with Gasteiger partial charge in [0, 0.05) is 28.1 Å². The minimum Gasteiger partial charge on any atom is -0.364 e. The zero-order valence-corrected chi connectivity index (χ0v) is 15.2. The molecule has 0 fully saturated rings. The van der Waals surface area contributed by atoms with Gasteiger partial charge < -0.3 is 10.6 Å². The van der Waals surface area contributed by atoms with Gasteiger partial charge in [-0.05, 0) is 55.0 Å². The Bertz CT molecular complexity index is 884. The second-order valence-corrected chi connectivity index (χ2v) is 6.43. The van der Waals surface area contributed by atoms with Crippen molar-refractivity contribution in [3.8, 4) is 0 Å². The number of hydrogen-bond acceptors (Lipinski definition) is 4. The van der Waals surface area contributed by atoms with Gasteiger partial charge in [-0.15, -0.1) is 0 Å². The van der Waals surface area contributed by atoms with E-state index in [9.17, 15) is 4.79 Å². The molecule has 3 aromatic rings. The molecule has 2 heterocycles. The van der Waals surface area contributed by atoms with Crippen LogP contribution in [0.4, 0.5) is 11.5 Å². The van der Waals surface area contributed by atoms with Gasteiger partial charge in [0.1, 0.15) is 5.82 Å². The summed E-state index contributed by atoms with van der Waals surface area (Å²) >= 11 is 3.42. The van der Waals surface area contributed by atoms with Crippen molar-refractivity contribution in [3.63, 3.8) is 0 Å². The summed E-state index contributed by atoms with van der Waals surface area (Å²) in [5.41, 5.74) is 3.23. The van der Waals surface area contributed by atoms with E-state index in [-0.39, 0.29) is 5.91 Å². The second kappa shape index (κ2) is 7.90. The van der Waals surface area contributed by atoms with E-state index in [2.05, 4.69) is 36.5 Å². The molecule has 0 unspecified atom stereocenters. The van der Waals surface area contributed by atoms with Gasteiger partial charge in [0.2, 0.25) is 0 Å². The molecule has 2 N–H and O–H groups in total. The van der Waals surface area contributed by atoms with Gasteiger partial charge in [0.15, 0.2) is 0 Å². The molecule has 0 bridgehead atoms. The summed E-state index contributed by atoms with van der Waals surface area (Å²) in [5.74, 6) is 0.458. The summed E-state index contributed by atoms with van der Waals surface area (Å²) in [7, 11) is 0. The molecule has 6 heteroatoms. The Morgan fingerprint density at radius 1 is 1.08 bits per heavy atom. The maximum Gasteiger partial charge on any atom is 0.255 e. The first-order chi connectivity index (χ1) is 12.1. The third-order valence-electron chi connectivity index (χ3n) is 3.64. The van der Waals surface area contributed by atoms with Gasteiger partial charge in [-0.25, -0.2) is 4.98 Å². The van der Waals surface area contributed by atoms with E-state index >= 15 is 0 Å². The van der Waals surface area contributed by atoms with E-state index < -0.39 is 0 Å². The van der Waals surface area contributed by atoms with E-state index in [1.165, 1.54) is 0 Å². The molecule has 126 valence electrons. The molecule has 0 radical (unpaired) electrons. The van der Waals surface area contributed by atoms with Crippen LogP contribution in [0.3, 0.4) is 0 Å². The molecule has 5 nitrogen and oxygen atoms in total. The van der Waals surface area contributed by atoms with Crippen molar-refractivity contribution in [1.29, 1.82) is 0 Å². The number of hydrogen-bond donors (Lipinski definition) is 2. The average Bonchev–Trinajstić information content (AvgIpc) is 2.63. The third kappa shape index (κ3) is 4.64. The molecule has 0 aliphatic rings. The summed E-state index contributed by atoms with van der Waals surface area (Å²) in [5, 5.41) is 6.11. The monoisotopic (exact) mass is 396 g/mol. The topological polar surface area (TPSA) is 66.9 Å². The minimum atomic E-state index is -0.172. The van der Waals surface area contributed by atoms with Gasteiger partial charge >= 0.3 is 0 Å². The lowest BCUT2D eigenvalue weighted by Crippen LogP contribution is -2.13. The van der Waals surface area contributed by atoms with Crippen molar-refractivity contribution in [2.75, 3.05) is 10.6 Å². The van der Waals surface area contributed by atoms with E-state index in [1.807, 2.05) is 43.3 Å². The lowest BCUT2D eigenvalue weighted by atomic mass is 10.2. The fourth-order valence-corrected chi connectivity index (χ4v) is 2.79. The quantitative estimate of drug-likeness (QED) is 0.669. The number of halogens is 1. The number of aryl methyl sites for hydroxylation is 1. The summed E-state index contributed by atoms with van der Waals surface area (Å²) in [6, 6.07) is 14.9. The predicted molar refractivity (Wildman–Crippen MR) is 103 cm³/mol. The normalized spacial score (nSPS) is 10.3. The molecule has 2 aromatic heterocycles. The van der Waals surface area contributed by atoms with Gasteiger partial charge in [0.05, 0.1) is 12.2 Å². The molecule has 25 heavy (non-hydrogen) atoms. The first kappa shape index (κ1) is 17.1. The van der Waals surface area contributed by atoms with E-state index in [0.29, 0.717) is 17.9 Å². The Kier molecular flexibility index (Phi) is 5.40. The van der Waals surface area contributed by atoms with Crippen molar-refractivity contribution in [2.24, 2.45) is 0 Å². The second-order valence-electron chi connectivity index (χ2n) is 5.52. The van der Waals surface area contributed by atoms with Crippen molar-refractivity contribution in [2.45, 2.75) is 13.5 Å². The Morgan fingerprint density at radius 3 is 2.72 bits per heavy atom. The largest absolute Gasteiger partial charge is 0.364 e. The predicted octanol–water partition coefficient (Wildman–Crippen LogP) is 4.41. The number of carbonyl (C=O) groups is 1. The standard InChI is InChI=1S/C19H17BrN4O/c1-13-10-15(20)5-6-17(13)24-19(25)14-7-9-22-18(11-14)23-12-16-4-2-3-8-21-16/h2-11H,12H2,1H3,(H,22,23)(H,24,25). The summed E-state index contributed by atoms with van der Waals surface area (Å²) in [4.78, 5) is 21.0. The minimum absolute atomic E-state index is 0.172. The number of nitrogens with zero attached hydrogens (tertiary/aromatic N) is 2. The number of benzene rings is 1. The Morgan fingerprint density at radius 2 is 1.96 bits per heavy atom. The molecule has 0 atom stereocenters. The molecule has 3 rings (SSSR count). The Labute approximate surface area is 154 Å². The van der Waals surface area contributed by atoms with Crippen LogP contribution in [0.1, 0.15) is 21.6 Å². The van der Waals surface area contributed by atoms with E-state index in [1.54, 1.807) is 24.5 Å². The van der Waals surface area contributed by atoms with Gasteiger partial charge in [-0.3, -0.25) is 9.78 Å². The summed E-state index contributed by atoms with van der Waals surface area (Å²) in [6.45, 7) is 2.50. The van der Waals surface area contributed by atoms with Crippen LogP contribution >= 0.6 is 15.9 Å². The number of pyridine rings is 2. The van der Waals surface area contributed by atoms with Crippen LogP contribution < -0.4 is 10.6 Å². The number of nitrogens with one attached hydrogen (secondary N) is 2. The molecular weight excluding hydrogens is 380 g/mol. The lowest BCUT2D eigenvalue weighted by Gasteiger charge is -2.10. The molecule has 1 aromatic carbocycles. The van der Waals surface area contributed by atoms with Gasteiger partial charge in [-0.1, -0.05) is 22.0 Å². The molecule has 0 aliphatic carbocycles. The third-order valence-corrected chi connectivity index (χ3v) is 4.13. The highest BCUT2D eigenvalue weighted by Gasteiger charge is 2.09. The zero-order valence-electron chi connectivity index (χ0n) is 13.7. The number of rotatable bonds is 5. The highest BCUT2D eigenvalue weighted by atomic mass is 79.9. The lowest BCUT2D eigenvalue weighted by molar-refractivity contribution is 0.102. The number of anilines is 2. The first-order valence-electron chi connectivity index (χ1n) is 7.79. The van der Waals surface area contributed by atoms with Crippen LogP contribution in [0.15, 0.2) is 65.4 Å². The number of carbonyl (C=O) groups excluding carboxylic acids is 1. The van der Waals surface area contributed by atoms with Crippen LogP contribution in [0.2, 0.25) is 0 Å². The van der Waals surface area contributed by atoms with Crippen LogP contribution in [0.25, 0.3) is 0 Å². The molecule has 1 amide bonds.